The quantitative estimate of drug-likeness (QED) is 0.591. The minimum Gasteiger partial charge on any atom is -0.497 e. The lowest BCUT2D eigenvalue weighted by Crippen LogP contribution is -1.95. The molecule has 0 fully saturated rings. The number of fused-ring (bicyclic) bond motifs is 1. The smallest absolute Gasteiger partial charge is 0.121 e. The minimum absolute atomic E-state index is 0.787. The number of hydrazone groups is 1. The van der Waals surface area contributed by atoms with E-state index in [-0.39, 0.29) is 0 Å². The van der Waals surface area contributed by atoms with Crippen LogP contribution in [0.5, 0.6) is 5.75 Å². The minimum atomic E-state index is 0.787. The zero-order valence-corrected chi connectivity index (χ0v) is 12.4. The normalized spacial score (nSPS) is 11.0. The summed E-state index contributed by atoms with van der Waals surface area (Å²) in [6.45, 7) is 1.95. The van der Waals surface area contributed by atoms with Gasteiger partial charge in [-0.25, -0.2) is 0 Å². The molecule has 0 saturated heterocycles. The fraction of sp³-hybridized carbons (Fsp3) is 0.118. The van der Waals surface area contributed by atoms with E-state index in [4.69, 9.17) is 4.74 Å². The highest BCUT2D eigenvalue weighted by Crippen LogP contribution is 2.26. The van der Waals surface area contributed by atoms with E-state index in [2.05, 4.69) is 20.5 Å². The van der Waals surface area contributed by atoms with E-state index >= 15 is 0 Å². The number of anilines is 1. The largest absolute Gasteiger partial charge is 0.497 e. The Labute approximate surface area is 128 Å². The van der Waals surface area contributed by atoms with Crippen molar-refractivity contribution in [3.05, 3.63) is 60.0 Å². The van der Waals surface area contributed by atoms with Crippen LogP contribution in [-0.2, 0) is 0 Å². The van der Waals surface area contributed by atoms with Gasteiger partial charge in [0.1, 0.15) is 5.75 Å². The van der Waals surface area contributed by atoms with Gasteiger partial charge in [0.2, 0.25) is 0 Å². The molecule has 5 heteroatoms. The number of hydrogen-bond acceptors (Lipinski definition) is 5. The first kappa shape index (κ1) is 14.0. The van der Waals surface area contributed by atoms with Crippen LogP contribution >= 0.6 is 0 Å². The van der Waals surface area contributed by atoms with Gasteiger partial charge in [-0.3, -0.25) is 15.4 Å². The molecule has 0 aliphatic heterocycles. The molecule has 2 aromatic heterocycles. The molecule has 0 amide bonds. The van der Waals surface area contributed by atoms with Crippen LogP contribution in [0.1, 0.15) is 11.3 Å². The van der Waals surface area contributed by atoms with Gasteiger partial charge in [-0.2, -0.15) is 5.10 Å². The second kappa shape index (κ2) is 6.22. The Morgan fingerprint density at radius 3 is 2.91 bits per heavy atom. The molecule has 1 aromatic carbocycles. The molecule has 1 N–H and O–H groups in total. The Bertz CT molecular complexity index is 816. The molecule has 2 heterocycles. The molecule has 22 heavy (non-hydrogen) atoms. The van der Waals surface area contributed by atoms with Crippen molar-refractivity contribution in [1.29, 1.82) is 0 Å². The predicted molar refractivity (Wildman–Crippen MR) is 88.5 cm³/mol. The number of methoxy groups -OCH3 is 1. The average molecular weight is 292 g/mol. The third-order valence-electron chi connectivity index (χ3n) is 3.23. The number of nitrogens with zero attached hydrogens (tertiary/aromatic N) is 3. The highest BCUT2D eigenvalue weighted by Gasteiger charge is 2.04. The van der Waals surface area contributed by atoms with Crippen LogP contribution in [0.4, 0.5) is 5.69 Å². The second-order valence-electron chi connectivity index (χ2n) is 4.85. The highest BCUT2D eigenvalue weighted by molar-refractivity contribution is 5.92. The Balaban J connectivity index is 1.91. The van der Waals surface area contributed by atoms with Gasteiger partial charge in [-0.1, -0.05) is 6.07 Å². The van der Waals surface area contributed by atoms with Gasteiger partial charge in [-0.05, 0) is 31.2 Å². The number of aryl methyl sites for hydroxylation is 1. The second-order valence-corrected chi connectivity index (χ2v) is 4.85. The number of nitrogens with one attached hydrogen (secondary N) is 1. The SMILES string of the molecule is COc1ccc2c(N/N=C/c3cccnc3)cc(C)nc2c1. The van der Waals surface area contributed by atoms with Crippen LogP contribution in [0, 0.1) is 6.92 Å². The lowest BCUT2D eigenvalue weighted by molar-refractivity contribution is 0.415. The molecule has 0 aliphatic carbocycles. The topological polar surface area (TPSA) is 59.4 Å². The van der Waals surface area contributed by atoms with Crippen molar-refractivity contribution >= 4 is 22.8 Å². The van der Waals surface area contributed by atoms with Crippen LogP contribution in [0.2, 0.25) is 0 Å². The molecule has 0 unspecified atom stereocenters. The maximum atomic E-state index is 5.24. The first-order valence-electron chi connectivity index (χ1n) is 6.91. The van der Waals surface area contributed by atoms with Crippen molar-refractivity contribution in [1.82, 2.24) is 9.97 Å². The van der Waals surface area contributed by atoms with Gasteiger partial charge in [0, 0.05) is 35.1 Å². The molecule has 5 nitrogen and oxygen atoms in total. The summed E-state index contributed by atoms with van der Waals surface area (Å²) >= 11 is 0. The monoisotopic (exact) mass is 292 g/mol. The number of pyridine rings is 2. The number of benzene rings is 1. The molecular formula is C17H16N4O. The molecule has 0 saturated carbocycles. The maximum absolute atomic E-state index is 5.24. The molecule has 0 radical (unpaired) electrons. The summed E-state index contributed by atoms with van der Waals surface area (Å²) in [5, 5.41) is 5.27. The maximum Gasteiger partial charge on any atom is 0.121 e. The summed E-state index contributed by atoms with van der Waals surface area (Å²) in [5.41, 5.74) is 6.71. The zero-order chi connectivity index (χ0) is 15.4. The first-order chi connectivity index (χ1) is 10.8. The standard InChI is InChI=1S/C17H16N4O/c1-12-8-17(21-19-11-13-4-3-7-18-10-13)15-6-5-14(22-2)9-16(15)20-12/h3-11H,1-2H3,(H,20,21)/b19-11+. The summed E-state index contributed by atoms with van der Waals surface area (Å²) < 4.78 is 5.24. The molecule has 0 atom stereocenters. The predicted octanol–water partition coefficient (Wildman–Crippen LogP) is 3.39. The van der Waals surface area contributed by atoms with Crippen molar-refractivity contribution in [3.63, 3.8) is 0 Å². The van der Waals surface area contributed by atoms with Crippen molar-refractivity contribution in [2.75, 3.05) is 12.5 Å². The van der Waals surface area contributed by atoms with E-state index in [0.29, 0.717) is 0 Å². The van der Waals surface area contributed by atoms with Gasteiger partial charge in [0.25, 0.3) is 0 Å². The molecule has 3 aromatic rings. The van der Waals surface area contributed by atoms with Gasteiger partial charge in [0.15, 0.2) is 0 Å². The molecule has 110 valence electrons. The van der Waals surface area contributed by atoms with Gasteiger partial charge in [0.05, 0.1) is 24.5 Å². The highest BCUT2D eigenvalue weighted by atomic mass is 16.5. The van der Waals surface area contributed by atoms with Crippen LogP contribution in [0.15, 0.2) is 53.9 Å². The number of hydrogen-bond donors (Lipinski definition) is 1. The fourth-order valence-electron chi connectivity index (χ4n) is 2.19. The fourth-order valence-corrected chi connectivity index (χ4v) is 2.19. The summed E-state index contributed by atoms with van der Waals surface area (Å²) in [7, 11) is 1.65. The summed E-state index contributed by atoms with van der Waals surface area (Å²) in [6.07, 6.45) is 5.22. The van der Waals surface area contributed by atoms with Gasteiger partial charge < -0.3 is 4.74 Å². The van der Waals surface area contributed by atoms with E-state index in [0.717, 1.165) is 33.6 Å². The van der Waals surface area contributed by atoms with E-state index in [9.17, 15) is 0 Å². The number of rotatable bonds is 4. The van der Waals surface area contributed by atoms with E-state index in [1.54, 1.807) is 25.7 Å². The molecule has 3 rings (SSSR count). The Hall–Kier alpha value is -2.95. The van der Waals surface area contributed by atoms with Crippen molar-refractivity contribution in [2.24, 2.45) is 5.10 Å². The summed E-state index contributed by atoms with van der Waals surface area (Å²) in [5.74, 6) is 0.787. The Morgan fingerprint density at radius 2 is 2.14 bits per heavy atom. The van der Waals surface area contributed by atoms with Crippen LogP contribution < -0.4 is 10.2 Å². The van der Waals surface area contributed by atoms with Crippen molar-refractivity contribution < 1.29 is 4.74 Å². The Kier molecular flexibility index (Phi) is 3.96. The van der Waals surface area contributed by atoms with E-state index in [1.165, 1.54) is 0 Å². The third kappa shape index (κ3) is 3.03. The van der Waals surface area contributed by atoms with Gasteiger partial charge >= 0.3 is 0 Å². The van der Waals surface area contributed by atoms with Crippen molar-refractivity contribution in [3.8, 4) is 5.75 Å². The lowest BCUT2D eigenvalue weighted by Gasteiger charge is -2.08. The van der Waals surface area contributed by atoms with Crippen LogP contribution in [0.25, 0.3) is 10.9 Å². The zero-order valence-electron chi connectivity index (χ0n) is 12.4. The molecule has 0 spiro atoms. The first-order valence-corrected chi connectivity index (χ1v) is 6.91. The van der Waals surface area contributed by atoms with Crippen molar-refractivity contribution in [2.45, 2.75) is 6.92 Å². The number of aromatic nitrogens is 2. The van der Waals surface area contributed by atoms with E-state index in [1.807, 2.05) is 43.3 Å². The molecule has 0 aliphatic rings. The average Bonchev–Trinajstić information content (AvgIpc) is 2.55. The third-order valence-corrected chi connectivity index (χ3v) is 3.23. The van der Waals surface area contributed by atoms with Crippen LogP contribution in [0.3, 0.4) is 0 Å². The summed E-state index contributed by atoms with van der Waals surface area (Å²) in [4.78, 5) is 8.58. The molecule has 0 bridgehead atoms. The van der Waals surface area contributed by atoms with Gasteiger partial charge in [-0.15, -0.1) is 0 Å². The summed E-state index contributed by atoms with van der Waals surface area (Å²) in [6, 6.07) is 11.6. The Morgan fingerprint density at radius 1 is 1.23 bits per heavy atom. The van der Waals surface area contributed by atoms with Crippen LogP contribution in [-0.4, -0.2) is 23.3 Å². The lowest BCUT2D eigenvalue weighted by atomic mass is 10.1. The number of ether oxygens (including phenoxy) is 1. The van der Waals surface area contributed by atoms with E-state index < -0.39 is 0 Å². The molecular weight excluding hydrogens is 276 g/mol.